The lowest BCUT2D eigenvalue weighted by Gasteiger charge is -2.11. The predicted octanol–water partition coefficient (Wildman–Crippen LogP) is 3.42. The summed E-state index contributed by atoms with van der Waals surface area (Å²) in [6.45, 7) is 1.79. The molecule has 0 fully saturated rings. The minimum atomic E-state index is -0.318. The number of hydrogen-bond donors (Lipinski definition) is 2. The van der Waals surface area contributed by atoms with Gasteiger partial charge in [-0.15, -0.1) is 0 Å². The molecule has 2 aromatic carbocycles. The third-order valence-corrected chi connectivity index (χ3v) is 5.27. The summed E-state index contributed by atoms with van der Waals surface area (Å²) in [5.74, 6) is -0.844. The van der Waals surface area contributed by atoms with Crippen molar-refractivity contribution in [1.82, 2.24) is 15.1 Å². The molecular weight excluding hydrogens is 371 g/mol. The van der Waals surface area contributed by atoms with Crippen molar-refractivity contribution in [2.45, 2.75) is 26.2 Å². The largest absolute Gasteiger partial charge is 0.355 e. The van der Waals surface area contributed by atoms with Crippen LogP contribution in [-0.4, -0.2) is 28.6 Å². The van der Waals surface area contributed by atoms with Crippen molar-refractivity contribution < 1.29 is 14.0 Å². The van der Waals surface area contributed by atoms with E-state index in [2.05, 4.69) is 15.7 Å². The van der Waals surface area contributed by atoms with E-state index in [0.29, 0.717) is 22.5 Å². The van der Waals surface area contributed by atoms with Crippen LogP contribution in [0.5, 0.6) is 0 Å². The number of anilines is 1. The average Bonchev–Trinajstić information content (AvgIpc) is 3.32. The van der Waals surface area contributed by atoms with Gasteiger partial charge in [0, 0.05) is 29.6 Å². The van der Waals surface area contributed by atoms with Gasteiger partial charge in [-0.25, -0.2) is 9.07 Å². The SMILES string of the molecule is CNC(=O)c1cccc(NC(=O)c2nn(-c3ccc(F)cc3)c3c2CCC3)c1C. The lowest BCUT2D eigenvalue weighted by Crippen LogP contribution is -2.21. The van der Waals surface area contributed by atoms with Gasteiger partial charge in [0.25, 0.3) is 11.8 Å². The number of nitrogens with one attached hydrogen (secondary N) is 2. The van der Waals surface area contributed by atoms with E-state index in [-0.39, 0.29) is 17.6 Å². The highest BCUT2D eigenvalue weighted by Gasteiger charge is 2.27. The molecule has 3 aromatic rings. The molecule has 2 amide bonds. The molecule has 7 heteroatoms. The number of benzene rings is 2. The molecule has 0 aliphatic heterocycles. The van der Waals surface area contributed by atoms with Crippen LogP contribution in [0.3, 0.4) is 0 Å². The summed E-state index contributed by atoms with van der Waals surface area (Å²) in [4.78, 5) is 25.0. The van der Waals surface area contributed by atoms with E-state index in [1.165, 1.54) is 12.1 Å². The van der Waals surface area contributed by atoms with Gasteiger partial charge in [0.15, 0.2) is 5.69 Å². The standard InChI is InChI=1S/C22H21FN4O2/c1-13-16(21(28)24-2)5-3-7-18(13)25-22(29)20-17-6-4-8-19(17)27(26-20)15-11-9-14(23)10-12-15/h3,5,7,9-12H,4,6,8H2,1-2H3,(H,24,28)(H,25,29). The maximum atomic E-state index is 13.3. The molecule has 1 aliphatic rings. The van der Waals surface area contributed by atoms with Crippen LogP contribution >= 0.6 is 0 Å². The Morgan fingerprint density at radius 2 is 1.83 bits per heavy atom. The molecule has 0 saturated carbocycles. The van der Waals surface area contributed by atoms with Crippen molar-refractivity contribution in [3.05, 3.63) is 76.4 Å². The topological polar surface area (TPSA) is 76.0 Å². The molecule has 0 saturated heterocycles. The van der Waals surface area contributed by atoms with Crippen molar-refractivity contribution in [3.63, 3.8) is 0 Å². The highest BCUT2D eigenvalue weighted by molar-refractivity contribution is 6.06. The summed E-state index contributed by atoms with van der Waals surface area (Å²) in [7, 11) is 1.57. The van der Waals surface area contributed by atoms with Gasteiger partial charge >= 0.3 is 0 Å². The Morgan fingerprint density at radius 1 is 1.07 bits per heavy atom. The minimum absolute atomic E-state index is 0.208. The van der Waals surface area contributed by atoms with E-state index in [9.17, 15) is 14.0 Å². The molecule has 0 unspecified atom stereocenters. The van der Waals surface area contributed by atoms with Crippen molar-refractivity contribution >= 4 is 17.5 Å². The molecule has 148 valence electrons. The average molecular weight is 392 g/mol. The number of hydrogen-bond acceptors (Lipinski definition) is 3. The van der Waals surface area contributed by atoms with Crippen LogP contribution in [0.4, 0.5) is 10.1 Å². The summed E-state index contributed by atoms with van der Waals surface area (Å²) in [6, 6.07) is 11.3. The van der Waals surface area contributed by atoms with Crippen LogP contribution in [0.15, 0.2) is 42.5 Å². The molecule has 0 atom stereocenters. The van der Waals surface area contributed by atoms with Gasteiger partial charge in [-0.05, 0) is 68.1 Å². The first-order chi connectivity index (χ1) is 14.0. The Morgan fingerprint density at radius 3 is 2.55 bits per heavy atom. The van der Waals surface area contributed by atoms with Gasteiger partial charge in [-0.2, -0.15) is 5.10 Å². The van der Waals surface area contributed by atoms with Gasteiger partial charge < -0.3 is 10.6 Å². The Labute approximate surface area is 167 Å². The zero-order chi connectivity index (χ0) is 20.5. The highest BCUT2D eigenvalue weighted by Crippen LogP contribution is 2.29. The fourth-order valence-corrected chi connectivity index (χ4v) is 3.75. The predicted molar refractivity (Wildman–Crippen MR) is 108 cm³/mol. The zero-order valence-corrected chi connectivity index (χ0v) is 16.3. The second-order valence-corrected chi connectivity index (χ2v) is 7.03. The van der Waals surface area contributed by atoms with Crippen LogP contribution < -0.4 is 10.6 Å². The van der Waals surface area contributed by atoms with Crippen LogP contribution in [0.2, 0.25) is 0 Å². The van der Waals surface area contributed by atoms with Gasteiger partial charge in [0.1, 0.15) is 5.82 Å². The number of amides is 2. The quantitative estimate of drug-likeness (QED) is 0.714. The minimum Gasteiger partial charge on any atom is -0.355 e. The normalized spacial score (nSPS) is 12.5. The first kappa shape index (κ1) is 18.9. The number of halogens is 1. The Bertz CT molecular complexity index is 1100. The molecule has 0 radical (unpaired) electrons. The molecule has 4 rings (SSSR count). The van der Waals surface area contributed by atoms with Crippen LogP contribution in [-0.2, 0) is 12.8 Å². The highest BCUT2D eigenvalue weighted by atomic mass is 19.1. The number of nitrogens with zero attached hydrogens (tertiary/aromatic N) is 2. The van der Waals surface area contributed by atoms with Crippen molar-refractivity contribution in [3.8, 4) is 5.69 Å². The molecule has 1 aliphatic carbocycles. The van der Waals surface area contributed by atoms with Crippen molar-refractivity contribution in [1.29, 1.82) is 0 Å². The van der Waals surface area contributed by atoms with Crippen molar-refractivity contribution in [2.24, 2.45) is 0 Å². The number of rotatable bonds is 4. The van der Waals surface area contributed by atoms with Gasteiger partial charge in [0.2, 0.25) is 0 Å². The number of carbonyl (C=O) groups excluding carboxylic acids is 2. The molecule has 0 spiro atoms. The Hall–Kier alpha value is -3.48. The summed E-state index contributed by atoms with van der Waals surface area (Å²) >= 11 is 0. The molecule has 1 aromatic heterocycles. The number of fused-ring (bicyclic) bond motifs is 1. The van der Waals surface area contributed by atoms with E-state index in [1.807, 2.05) is 0 Å². The van der Waals surface area contributed by atoms with Gasteiger partial charge in [0.05, 0.1) is 5.69 Å². The Balaban J connectivity index is 1.68. The molecule has 0 bridgehead atoms. The van der Waals surface area contributed by atoms with Gasteiger partial charge in [-0.3, -0.25) is 9.59 Å². The summed E-state index contributed by atoms with van der Waals surface area (Å²) in [5.41, 5.74) is 4.76. The smallest absolute Gasteiger partial charge is 0.276 e. The second-order valence-electron chi connectivity index (χ2n) is 7.03. The summed E-state index contributed by atoms with van der Waals surface area (Å²) in [5, 5.41) is 10.0. The fraction of sp³-hybridized carbons (Fsp3) is 0.227. The molecular formula is C22H21FN4O2. The van der Waals surface area contributed by atoms with Gasteiger partial charge in [-0.1, -0.05) is 6.07 Å². The second kappa shape index (κ2) is 7.50. The van der Waals surface area contributed by atoms with E-state index in [1.54, 1.807) is 49.0 Å². The van der Waals surface area contributed by atoms with E-state index < -0.39 is 0 Å². The van der Waals surface area contributed by atoms with Crippen LogP contribution in [0, 0.1) is 12.7 Å². The van der Waals surface area contributed by atoms with Crippen molar-refractivity contribution in [2.75, 3.05) is 12.4 Å². The monoisotopic (exact) mass is 392 g/mol. The van der Waals surface area contributed by atoms with E-state index in [0.717, 1.165) is 36.2 Å². The van der Waals surface area contributed by atoms with Crippen LogP contribution in [0.25, 0.3) is 5.69 Å². The summed E-state index contributed by atoms with van der Waals surface area (Å²) < 4.78 is 15.0. The van der Waals surface area contributed by atoms with E-state index >= 15 is 0 Å². The summed E-state index contributed by atoms with van der Waals surface area (Å²) in [6.07, 6.45) is 2.54. The Kier molecular flexibility index (Phi) is 4.88. The first-order valence-electron chi connectivity index (χ1n) is 9.49. The third-order valence-electron chi connectivity index (χ3n) is 5.27. The zero-order valence-electron chi connectivity index (χ0n) is 16.3. The molecule has 6 nitrogen and oxygen atoms in total. The number of carbonyl (C=O) groups is 2. The molecule has 1 heterocycles. The molecule has 29 heavy (non-hydrogen) atoms. The maximum absolute atomic E-state index is 13.3. The third kappa shape index (κ3) is 3.40. The van der Waals surface area contributed by atoms with E-state index in [4.69, 9.17) is 0 Å². The maximum Gasteiger partial charge on any atom is 0.276 e. The molecule has 2 N–H and O–H groups in total. The fourth-order valence-electron chi connectivity index (χ4n) is 3.75. The lowest BCUT2D eigenvalue weighted by molar-refractivity contribution is 0.0960. The first-order valence-corrected chi connectivity index (χ1v) is 9.49. The lowest BCUT2D eigenvalue weighted by atomic mass is 10.1. The van der Waals surface area contributed by atoms with Crippen LogP contribution in [0.1, 0.15) is 44.1 Å². The number of aromatic nitrogens is 2.